The molecule has 29 heavy (non-hydrogen) atoms. The van der Waals surface area contributed by atoms with Crippen molar-refractivity contribution in [2.24, 2.45) is 5.92 Å². The Labute approximate surface area is 169 Å². The van der Waals surface area contributed by atoms with Gasteiger partial charge in [0.15, 0.2) is 0 Å². The molecular weight excluding hydrogens is 362 g/mol. The number of carbonyl (C=O) groups is 2. The van der Waals surface area contributed by atoms with Gasteiger partial charge in [-0.05, 0) is 47.4 Å². The van der Waals surface area contributed by atoms with Crippen LogP contribution in [0.3, 0.4) is 0 Å². The SMILES string of the molecule is C=C1NC(=O)N[C@H](c2cccc3ccccc23)[C@H]1C(=O)Nc1cc(C)ccc1C. The zero-order valence-corrected chi connectivity index (χ0v) is 16.5. The number of benzene rings is 3. The van der Waals surface area contributed by atoms with Gasteiger partial charge in [0.1, 0.15) is 5.92 Å². The van der Waals surface area contributed by atoms with Crippen molar-refractivity contribution in [3.05, 3.63) is 89.6 Å². The van der Waals surface area contributed by atoms with Crippen LogP contribution in [-0.2, 0) is 4.79 Å². The zero-order valence-electron chi connectivity index (χ0n) is 16.5. The third-order valence-electron chi connectivity index (χ3n) is 5.36. The second kappa shape index (κ2) is 7.43. The van der Waals surface area contributed by atoms with Crippen molar-refractivity contribution in [3.63, 3.8) is 0 Å². The first-order valence-corrected chi connectivity index (χ1v) is 9.56. The highest BCUT2D eigenvalue weighted by Crippen LogP contribution is 2.34. The molecule has 0 unspecified atom stereocenters. The van der Waals surface area contributed by atoms with E-state index in [9.17, 15) is 9.59 Å². The Morgan fingerprint density at radius 3 is 2.62 bits per heavy atom. The van der Waals surface area contributed by atoms with Crippen LogP contribution in [0.4, 0.5) is 10.5 Å². The lowest BCUT2D eigenvalue weighted by Crippen LogP contribution is -2.51. The van der Waals surface area contributed by atoms with Gasteiger partial charge in [0.25, 0.3) is 0 Å². The van der Waals surface area contributed by atoms with Crippen LogP contribution in [0.5, 0.6) is 0 Å². The van der Waals surface area contributed by atoms with Gasteiger partial charge in [0.2, 0.25) is 5.91 Å². The number of anilines is 1. The molecule has 0 radical (unpaired) electrons. The topological polar surface area (TPSA) is 70.2 Å². The highest BCUT2D eigenvalue weighted by molar-refractivity contribution is 5.98. The van der Waals surface area contributed by atoms with Gasteiger partial charge in [-0.15, -0.1) is 0 Å². The molecule has 1 aliphatic heterocycles. The van der Waals surface area contributed by atoms with Gasteiger partial charge in [0.05, 0.1) is 6.04 Å². The van der Waals surface area contributed by atoms with E-state index in [1.54, 1.807) is 0 Å². The average molecular weight is 385 g/mol. The van der Waals surface area contributed by atoms with E-state index in [2.05, 4.69) is 22.5 Å². The normalized spacial score (nSPS) is 18.8. The van der Waals surface area contributed by atoms with Crippen molar-refractivity contribution in [2.75, 3.05) is 5.32 Å². The molecule has 1 aliphatic rings. The van der Waals surface area contributed by atoms with Gasteiger partial charge in [-0.1, -0.05) is 61.2 Å². The standard InChI is InChI=1S/C24H23N3O2/c1-14-11-12-15(2)20(13-14)26-23(28)21-16(3)25-24(29)27-22(21)19-10-6-8-17-7-4-5-9-18(17)19/h4-13,21-22H,3H2,1-2H3,(H,26,28)(H2,25,27,29)/t21-,22+/m0/s1. The van der Waals surface area contributed by atoms with Gasteiger partial charge >= 0.3 is 6.03 Å². The maximum atomic E-state index is 13.3. The van der Waals surface area contributed by atoms with Crippen molar-refractivity contribution in [1.29, 1.82) is 0 Å². The number of nitrogens with one attached hydrogen (secondary N) is 3. The van der Waals surface area contributed by atoms with Crippen LogP contribution in [0.2, 0.25) is 0 Å². The van der Waals surface area contributed by atoms with Gasteiger partial charge in [-0.3, -0.25) is 4.79 Å². The monoisotopic (exact) mass is 385 g/mol. The summed E-state index contributed by atoms with van der Waals surface area (Å²) < 4.78 is 0. The Hall–Kier alpha value is -3.60. The summed E-state index contributed by atoms with van der Waals surface area (Å²) in [6.45, 7) is 7.90. The predicted molar refractivity (Wildman–Crippen MR) is 116 cm³/mol. The lowest BCUT2D eigenvalue weighted by Gasteiger charge is -2.34. The van der Waals surface area contributed by atoms with Crippen molar-refractivity contribution >= 4 is 28.4 Å². The van der Waals surface area contributed by atoms with E-state index >= 15 is 0 Å². The van der Waals surface area contributed by atoms with E-state index in [4.69, 9.17) is 0 Å². The summed E-state index contributed by atoms with van der Waals surface area (Å²) in [4.78, 5) is 25.5. The van der Waals surface area contributed by atoms with Gasteiger partial charge < -0.3 is 16.0 Å². The Bertz CT molecular complexity index is 1130. The van der Waals surface area contributed by atoms with E-state index < -0.39 is 12.0 Å². The lowest BCUT2D eigenvalue weighted by molar-refractivity contribution is -0.119. The maximum Gasteiger partial charge on any atom is 0.319 e. The quantitative estimate of drug-likeness (QED) is 0.618. The summed E-state index contributed by atoms with van der Waals surface area (Å²) in [6.07, 6.45) is 0. The van der Waals surface area contributed by atoms with Gasteiger partial charge in [0, 0.05) is 11.4 Å². The zero-order chi connectivity index (χ0) is 20.5. The van der Waals surface area contributed by atoms with Crippen molar-refractivity contribution in [3.8, 4) is 0 Å². The molecule has 146 valence electrons. The molecule has 0 spiro atoms. The molecule has 4 rings (SSSR count). The Balaban J connectivity index is 1.74. The third-order valence-corrected chi connectivity index (χ3v) is 5.36. The van der Waals surface area contributed by atoms with Crippen LogP contribution in [0.15, 0.2) is 72.9 Å². The molecule has 0 aliphatic carbocycles. The number of fused-ring (bicyclic) bond motifs is 1. The van der Waals surface area contributed by atoms with Crippen LogP contribution < -0.4 is 16.0 Å². The Kier molecular flexibility index (Phi) is 4.80. The molecule has 3 amide bonds. The molecule has 3 aromatic rings. The molecule has 0 saturated carbocycles. The molecule has 1 fully saturated rings. The number of aryl methyl sites for hydroxylation is 2. The first kappa shape index (κ1) is 18.7. The summed E-state index contributed by atoms with van der Waals surface area (Å²) in [6, 6.07) is 18.9. The van der Waals surface area contributed by atoms with Crippen LogP contribution >= 0.6 is 0 Å². The van der Waals surface area contributed by atoms with Crippen LogP contribution in [0, 0.1) is 19.8 Å². The molecule has 1 heterocycles. The van der Waals surface area contributed by atoms with E-state index in [1.165, 1.54) is 0 Å². The van der Waals surface area contributed by atoms with Crippen LogP contribution in [0.1, 0.15) is 22.7 Å². The summed E-state index contributed by atoms with van der Waals surface area (Å²) >= 11 is 0. The van der Waals surface area contributed by atoms with E-state index in [0.29, 0.717) is 5.70 Å². The Morgan fingerprint density at radius 1 is 1.03 bits per heavy atom. The number of rotatable bonds is 3. The second-order valence-corrected chi connectivity index (χ2v) is 7.46. The predicted octanol–water partition coefficient (Wildman–Crippen LogP) is 4.58. The third kappa shape index (κ3) is 3.59. The maximum absolute atomic E-state index is 13.3. The molecule has 2 atom stereocenters. The fourth-order valence-corrected chi connectivity index (χ4v) is 3.85. The fraction of sp³-hybridized carbons (Fsp3) is 0.167. The number of hydrogen-bond acceptors (Lipinski definition) is 2. The minimum atomic E-state index is -0.654. The van der Waals surface area contributed by atoms with E-state index in [0.717, 1.165) is 33.2 Å². The van der Waals surface area contributed by atoms with Crippen LogP contribution in [-0.4, -0.2) is 11.9 Å². The molecule has 3 aromatic carbocycles. The molecule has 1 saturated heterocycles. The lowest BCUT2D eigenvalue weighted by atomic mass is 9.85. The molecular formula is C24H23N3O2. The second-order valence-electron chi connectivity index (χ2n) is 7.46. The average Bonchev–Trinajstić information content (AvgIpc) is 2.69. The summed E-state index contributed by atoms with van der Waals surface area (Å²) in [5, 5.41) is 10.7. The fourth-order valence-electron chi connectivity index (χ4n) is 3.85. The van der Waals surface area contributed by atoms with E-state index in [-0.39, 0.29) is 11.9 Å². The van der Waals surface area contributed by atoms with E-state index in [1.807, 2.05) is 74.5 Å². The number of hydrogen-bond donors (Lipinski definition) is 3. The molecule has 5 heteroatoms. The highest BCUT2D eigenvalue weighted by Gasteiger charge is 2.38. The first-order valence-electron chi connectivity index (χ1n) is 9.56. The summed E-state index contributed by atoms with van der Waals surface area (Å²) in [7, 11) is 0. The molecule has 5 nitrogen and oxygen atoms in total. The van der Waals surface area contributed by atoms with Crippen molar-refractivity contribution in [2.45, 2.75) is 19.9 Å². The van der Waals surface area contributed by atoms with Gasteiger partial charge in [-0.2, -0.15) is 0 Å². The summed E-state index contributed by atoms with van der Waals surface area (Å²) in [5.41, 5.74) is 4.07. The first-order chi connectivity index (χ1) is 13.9. The Morgan fingerprint density at radius 2 is 1.79 bits per heavy atom. The molecule has 0 aromatic heterocycles. The number of amides is 3. The molecule has 3 N–H and O–H groups in total. The summed E-state index contributed by atoms with van der Waals surface area (Å²) in [5.74, 6) is -0.868. The largest absolute Gasteiger partial charge is 0.330 e. The van der Waals surface area contributed by atoms with Gasteiger partial charge in [-0.25, -0.2) is 4.79 Å². The van der Waals surface area contributed by atoms with Crippen molar-refractivity contribution < 1.29 is 9.59 Å². The molecule has 0 bridgehead atoms. The number of carbonyl (C=O) groups excluding carboxylic acids is 2. The number of urea groups is 1. The minimum absolute atomic E-state index is 0.214. The van der Waals surface area contributed by atoms with Crippen LogP contribution in [0.25, 0.3) is 10.8 Å². The van der Waals surface area contributed by atoms with Crippen molar-refractivity contribution in [1.82, 2.24) is 10.6 Å². The highest BCUT2D eigenvalue weighted by atomic mass is 16.2. The minimum Gasteiger partial charge on any atom is -0.330 e. The smallest absolute Gasteiger partial charge is 0.319 e.